The number of aromatic nitrogens is 1. The lowest BCUT2D eigenvalue weighted by molar-refractivity contribution is 0.103. The molecule has 2 aromatic carbocycles. The van der Waals surface area contributed by atoms with E-state index in [2.05, 4.69) is 10.3 Å². The fraction of sp³-hybridized carbons (Fsp3) is 0.190. The maximum Gasteiger partial charge on any atom is 0.405 e. The summed E-state index contributed by atoms with van der Waals surface area (Å²) in [4.78, 5) is 27.9. The zero-order chi connectivity index (χ0) is 22.0. The lowest BCUT2D eigenvalue weighted by Gasteiger charge is -2.15. The van der Waals surface area contributed by atoms with Gasteiger partial charge in [-0.3, -0.25) is 4.79 Å². The van der Waals surface area contributed by atoms with Crippen LogP contribution < -0.4 is 10.1 Å². The van der Waals surface area contributed by atoms with Gasteiger partial charge in [0.2, 0.25) is 5.88 Å². The van der Waals surface area contributed by atoms with E-state index in [0.717, 1.165) is 12.1 Å². The monoisotopic (exact) mass is 434 g/mol. The minimum absolute atomic E-state index is 0.0110. The molecule has 0 spiro atoms. The number of carboxylic acid groups (broad SMARTS) is 1. The number of ether oxygens (including phenoxy) is 1. The number of nitrogens with zero attached hydrogens (tertiary/aromatic N) is 1. The van der Waals surface area contributed by atoms with Crippen molar-refractivity contribution >= 4 is 34.2 Å². The van der Waals surface area contributed by atoms with E-state index in [0.29, 0.717) is 12.0 Å². The van der Waals surface area contributed by atoms with E-state index in [4.69, 9.17) is 21.4 Å². The van der Waals surface area contributed by atoms with Crippen LogP contribution in [-0.2, 0) is 0 Å². The largest absolute Gasteiger partial charge is 0.478 e. The molecular formula is C21H17ClF2N2O4. The van der Waals surface area contributed by atoms with Crippen LogP contribution in [0.1, 0.15) is 41.4 Å². The Morgan fingerprint density at radius 2 is 1.93 bits per heavy atom. The Morgan fingerprint density at radius 1 is 1.27 bits per heavy atom. The first-order chi connectivity index (χ1) is 14.2. The highest BCUT2D eigenvalue weighted by Crippen LogP contribution is 2.34. The van der Waals surface area contributed by atoms with Crippen molar-refractivity contribution in [2.75, 3.05) is 6.61 Å². The Labute approximate surface area is 175 Å². The molecular weight excluding hydrogens is 418 g/mol. The average molecular weight is 435 g/mol. The summed E-state index contributed by atoms with van der Waals surface area (Å²) in [5, 5.41) is 11.7. The molecule has 0 saturated heterocycles. The number of halogens is 3. The average Bonchev–Trinajstić information content (AvgIpc) is 2.68. The first-order valence-electron chi connectivity index (χ1n) is 8.97. The van der Waals surface area contributed by atoms with Gasteiger partial charge in [-0.05, 0) is 37.6 Å². The summed E-state index contributed by atoms with van der Waals surface area (Å²) in [6, 6.07) is 5.58. The zero-order valence-corrected chi connectivity index (χ0v) is 16.8. The highest BCUT2D eigenvalue weighted by Gasteiger charge is 2.25. The maximum atomic E-state index is 14.7. The highest BCUT2D eigenvalue weighted by molar-refractivity contribution is 6.37. The Hall–Kier alpha value is -3.26. The second-order valence-electron chi connectivity index (χ2n) is 6.43. The fourth-order valence-corrected chi connectivity index (χ4v) is 3.39. The molecule has 0 bridgehead atoms. The van der Waals surface area contributed by atoms with E-state index in [-0.39, 0.29) is 27.4 Å². The van der Waals surface area contributed by atoms with Crippen molar-refractivity contribution in [2.45, 2.75) is 19.9 Å². The molecule has 30 heavy (non-hydrogen) atoms. The molecule has 0 aliphatic carbocycles. The number of benzene rings is 2. The third-order valence-corrected chi connectivity index (χ3v) is 4.77. The van der Waals surface area contributed by atoms with Crippen LogP contribution in [0.25, 0.3) is 10.8 Å². The molecule has 6 nitrogen and oxygen atoms in total. The zero-order valence-electron chi connectivity index (χ0n) is 16.0. The Bertz CT molecular complexity index is 1130. The van der Waals surface area contributed by atoms with Gasteiger partial charge in [0.1, 0.15) is 11.6 Å². The normalized spacial score (nSPS) is 11.9. The minimum atomic E-state index is -1.34. The first-order valence-corrected chi connectivity index (χ1v) is 9.35. The van der Waals surface area contributed by atoms with Crippen molar-refractivity contribution in [3.63, 3.8) is 0 Å². The summed E-state index contributed by atoms with van der Waals surface area (Å²) < 4.78 is 34.9. The lowest BCUT2D eigenvalue weighted by Crippen LogP contribution is -2.25. The lowest BCUT2D eigenvalue weighted by atomic mass is 9.95. The van der Waals surface area contributed by atoms with Crippen LogP contribution in [0.5, 0.6) is 5.88 Å². The minimum Gasteiger partial charge on any atom is -0.478 e. The van der Waals surface area contributed by atoms with Crippen LogP contribution in [0.2, 0.25) is 5.02 Å². The summed E-state index contributed by atoms with van der Waals surface area (Å²) in [5.41, 5.74) is -0.731. The highest BCUT2D eigenvalue weighted by atomic mass is 35.5. The number of pyridine rings is 1. The van der Waals surface area contributed by atoms with Gasteiger partial charge >= 0.3 is 6.09 Å². The van der Waals surface area contributed by atoms with Crippen molar-refractivity contribution in [1.29, 1.82) is 0 Å². The summed E-state index contributed by atoms with van der Waals surface area (Å²) in [5.74, 6) is -2.88. The van der Waals surface area contributed by atoms with Gasteiger partial charge in [0.25, 0.3) is 0 Å². The summed E-state index contributed by atoms with van der Waals surface area (Å²) in [6.45, 7) is 3.52. The van der Waals surface area contributed by atoms with Gasteiger partial charge in [-0.25, -0.2) is 18.6 Å². The van der Waals surface area contributed by atoms with Crippen LogP contribution in [0.15, 0.2) is 36.5 Å². The van der Waals surface area contributed by atoms with Crippen LogP contribution in [-0.4, -0.2) is 28.6 Å². The van der Waals surface area contributed by atoms with Crippen molar-refractivity contribution in [1.82, 2.24) is 10.3 Å². The number of carbonyl (C=O) groups is 2. The molecule has 0 fully saturated rings. The molecule has 0 aliphatic heterocycles. The number of hydrogen-bond donors (Lipinski definition) is 2. The number of nitrogens with one attached hydrogen (secondary N) is 1. The molecule has 156 valence electrons. The molecule has 9 heteroatoms. The standard InChI is InChI=1S/C21H17ClF2N2O4/c1-3-30-20-13-6-4-5-12(17(13)14(22)9-25-20)19(27)18-15(23)7-11(8-16(18)24)10(2)26-21(28)29/h4-10,26H,3H2,1-2H3,(H,28,29). The molecule has 1 unspecified atom stereocenters. The molecule has 0 aliphatic rings. The molecule has 1 amide bonds. The maximum absolute atomic E-state index is 14.7. The van der Waals surface area contributed by atoms with E-state index in [9.17, 15) is 18.4 Å². The topological polar surface area (TPSA) is 88.5 Å². The number of hydrogen-bond acceptors (Lipinski definition) is 4. The Morgan fingerprint density at radius 3 is 2.53 bits per heavy atom. The molecule has 0 radical (unpaired) electrons. The number of rotatable bonds is 6. The SMILES string of the molecule is CCOc1ncc(Cl)c2c(C(=O)c3c(F)cc(C(C)NC(=O)O)cc3F)cccc12. The van der Waals surface area contributed by atoms with Crippen LogP contribution in [0, 0.1) is 11.6 Å². The smallest absolute Gasteiger partial charge is 0.405 e. The van der Waals surface area contributed by atoms with Crippen molar-refractivity contribution < 1.29 is 28.2 Å². The molecule has 1 aromatic heterocycles. The van der Waals surface area contributed by atoms with Crippen molar-refractivity contribution in [3.8, 4) is 5.88 Å². The number of amides is 1. The third kappa shape index (κ3) is 4.04. The van der Waals surface area contributed by atoms with Crippen LogP contribution in [0.3, 0.4) is 0 Å². The van der Waals surface area contributed by atoms with E-state index < -0.39 is 35.1 Å². The molecule has 1 heterocycles. The molecule has 3 rings (SSSR count). The number of carbonyl (C=O) groups excluding carboxylic acids is 1. The third-order valence-electron chi connectivity index (χ3n) is 4.49. The fourth-order valence-electron chi connectivity index (χ4n) is 3.14. The quantitative estimate of drug-likeness (QED) is 0.525. The molecule has 3 aromatic rings. The summed E-state index contributed by atoms with van der Waals surface area (Å²) in [7, 11) is 0. The second-order valence-corrected chi connectivity index (χ2v) is 6.84. The van der Waals surface area contributed by atoms with Gasteiger partial charge in [-0.2, -0.15) is 0 Å². The van der Waals surface area contributed by atoms with E-state index in [1.54, 1.807) is 19.1 Å². The van der Waals surface area contributed by atoms with Gasteiger partial charge < -0.3 is 15.2 Å². The van der Waals surface area contributed by atoms with Gasteiger partial charge in [0.05, 0.1) is 29.4 Å². The predicted molar refractivity (Wildman–Crippen MR) is 107 cm³/mol. The number of ketones is 1. The van der Waals surface area contributed by atoms with E-state index in [1.807, 2.05) is 0 Å². The van der Waals surface area contributed by atoms with Gasteiger partial charge in [-0.1, -0.05) is 23.7 Å². The molecule has 1 atom stereocenters. The molecule has 0 saturated carbocycles. The van der Waals surface area contributed by atoms with Crippen molar-refractivity contribution in [2.24, 2.45) is 0 Å². The predicted octanol–water partition coefficient (Wildman–Crippen LogP) is 5.12. The van der Waals surface area contributed by atoms with Crippen LogP contribution >= 0.6 is 11.6 Å². The van der Waals surface area contributed by atoms with Gasteiger partial charge in [-0.15, -0.1) is 0 Å². The number of fused-ring (bicyclic) bond motifs is 1. The second kappa shape index (κ2) is 8.62. The molecule has 2 N–H and O–H groups in total. The first kappa shape index (κ1) is 21.4. The van der Waals surface area contributed by atoms with Gasteiger partial charge in [0.15, 0.2) is 5.78 Å². The van der Waals surface area contributed by atoms with Gasteiger partial charge in [0, 0.05) is 16.3 Å². The van der Waals surface area contributed by atoms with Crippen LogP contribution in [0.4, 0.5) is 13.6 Å². The Balaban J connectivity index is 2.13. The Kier molecular flexibility index (Phi) is 6.17. The van der Waals surface area contributed by atoms with E-state index in [1.165, 1.54) is 19.2 Å². The van der Waals surface area contributed by atoms with Crippen molar-refractivity contribution in [3.05, 3.63) is 69.9 Å². The summed E-state index contributed by atoms with van der Waals surface area (Å²) in [6.07, 6.45) is -0.0339. The van der Waals surface area contributed by atoms with E-state index >= 15 is 0 Å². The summed E-state index contributed by atoms with van der Waals surface area (Å²) >= 11 is 6.24.